The van der Waals surface area contributed by atoms with E-state index in [2.05, 4.69) is 40.5 Å². The van der Waals surface area contributed by atoms with Crippen molar-refractivity contribution >= 4 is 5.82 Å². The Morgan fingerprint density at radius 3 is 2.48 bits per heavy atom. The van der Waals surface area contributed by atoms with Gasteiger partial charge in [0.25, 0.3) is 5.56 Å². The number of anilines is 1. The fourth-order valence-corrected chi connectivity index (χ4v) is 2.63. The first-order valence-electron chi connectivity index (χ1n) is 8.26. The molecule has 21 heavy (non-hydrogen) atoms. The van der Waals surface area contributed by atoms with Gasteiger partial charge in [-0.3, -0.25) is 4.79 Å². The van der Waals surface area contributed by atoms with Crippen LogP contribution in [0.3, 0.4) is 0 Å². The fourth-order valence-electron chi connectivity index (χ4n) is 2.63. The van der Waals surface area contributed by atoms with Gasteiger partial charge >= 0.3 is 0 Å². The van der Waals surface area contributed by atoms with Crippen molar-refractivity contribution in [3.63, 3.8) is 0 Å². The van der Waals surface area contributed by atoms with Crippen molar-refractivity contribution in [2.75, 3.05) is 37.6 Å². The molecule has 118 valence electrons. The predicted octanol–water partition coefficient (Wildman–Crippen LogP) is 2.21. The van der Waals surface area contributed by atoms with Crippen LogP contribution in [0.5, 0.6) is 0 Å². The topological polar surface area (TPSA) is 52.2 Å². The molecule has 1 N–H and O–H groups in total. The third-order valence-electron chi connectivity index (χ3n) is 4.21. The molecule has 5 nitrogen and oxygen atoms in total. The van der Waals surface area contributed by atoms with Gasteiger partial charge in [0.05, 0.1) is 0 Å². The maximum absolute atomic E-state index is 11.8. The van der Waals surface area contributed by atoms with E-state index in [4.69, 9.17) is 0 Å². The van der Waals surface area contributed by atoms with Crippen LogP contribution < -0.4 is 10.5 Å². The second kappa shape index (κ2) is 7.59. The Hall–Kier alpha value is -1.36. The Bertz CT molecular complexity index is 491. The minimum Gasteiger partial charge on any atom is -0.357 e. The second-order valence-corrected chi connectivity index (χ2v) is 5.72. The van der Waals surface area contributed by atoms with Crippen LogP contribution >= 0.6 is 0 Å². The summed E-state index contributed by atoms with van der Waals surface area (Å²) in [6.07, 6.45) is 3.41. The molecule has 1 aliphatic rings. The van der Waals surface area contributed by atoms with Crippen molar-refractivity contribution in [2.24, 2.45) is 0 Å². The fraction of sp³-hybridized carbons (Fsp3) is 0.750. The first-order valence-corrected chi connectivity index (χ1v) is 8.26. The molecule has 1 aliphatic carbocycles. The lowest BCUT2D eigenvalue weighted by Crippen LogP contribution is -2.31. The molecular weight excluding hydrogens is 264 g/mol. The standard InChI is InChI=1S/C16H28N4O/c1-4-19(5-2)10-7-11-20(6-3)14-12-15(21)18-16(17-14)13-8-9-13/h12-13H,4-11H2,1-3H3,(H,17,18,21). The zero-order chi connectivity index (χ0) is 15.2. The quantitative estimate of drug-likeness (QED) is 0.758. The van der Waals surface area contributed by atoms with Gasteiger partial charge < -0.3 is 14.8 Å². The van der Waals surface area contributed by atoms with Crippen molar-refractivity contribution in [3.8, 4) is 0 Å². The molecule has 0 atom stereocenters. The molecule has 0 aliphatic heterocycles. The van der Waals surface area contributed by atoms with Crippen molar-refractivity contribution in [1.82, 2.24) is 14.9 Å². The van der Waals surface area contributed by atoms with E-state index < -0.39 is 0 Å². The van der Waals surface area contributed by atoms with Crippen LogP contribution in [0.1, 0.15) is 51.8 Å². The lowest BCUT2D eigenvalue weighted by molar-refractivity contribution is 0.300. The van der Waals surface area contributed by atoms with Gasteiger partial charge in [-0.15, -0.1) is 0 Å². The van der Waals surface area contributed by atoms with Crippen LogP contribution in [0.25, 0.3) is 0 Å². The van der Waals surface area contributed by atoms with Crippen molar-refractivity contribution < 1.29 is 0 Å². The Kier molecular flexibility index (Phi) is 5.79. The van der Waals surface area contributed by atoms with E-state index >= 15 is 0 Å². The average Bonchev–Trinajstić information content (AvgIpc) is 3.31. The molecule has 0 spiro atoms. The summed E-state index contributed by atoms with van der Waals surface area (Å²) in [5.74, 6) is 2.19. The highest BCUT2D eigenvalue weighted by Crippen LogP contribution is 2.37. The molecule has 1 aromatic heterocycles. The SMILES string of the molecule is CCN(CC)CCCN(CC)c1cc(=O)[nH]c(C2CC2)n1. The summed E-state index contributed by atoms with van der Waals surface area (Å²) < 4.78 is 0. The summed E-state index contributed by atoms with van der Waals surface area (Å²) >= 11 is 0. The van der Waals surface area contributed by atoms with Gasteiger partial charge in [-0.1, -0.05) is 13.8 Å². The van der Waals surface area contributed by atoms with Crippen LogP contribution in [0.4, 0.5) is 5.82 Å². The largest absolute Gasteiger partial charge is 0.357 e. The third-order valence-corrected chi connectivity index (χ3v) is 4.21. The Labute approximate surface area is 127 Å². The summed E-state index contributed by atoms with van der Waals surface area (Å²) in [6, 6.07) is 1.63. The molecular formula is C16H28N4O. The second-order valence-electron chi connectivity index (χ2n) is 5.72. The first-order chi connectivity index (χ1) is 10.2. The predicted molar refractivity (Wildman–Crippen MR) is 87.1 cm³/mol. The maximum atomic E-state index is 11.8. The highest BCUT2D eigenvalue weighted by Gasteiger charge is 2.26. The van der Waals surface area contributed by atoms with E-state index in [1.807, 2.05) is 0 Å². The zero-order valence-corrected chi connectivity index (χ0v) is 13.6. The summed E-state index contributed by atoms with van der Waals surface area (Å²) in [6.45, 7) is 11.6. The highest BCUT2D eigenvalue weighted by atomic mass is 16.1. The summed E-state index contributed by atoms with van der Waals surface area (Å²) in [5, 5.41) is 0. The van der Waals surface area contributed by atoms with Crippen LogP contribution in [0.15, 0.2) is 10.9 Å². The number of aromatic nitrogens is 2. The normalized spacial score (nSPS) is 14.7. The van der Waals surface area contributed by atoms with Gasteiger partial charge in [-0.2, -0.15) is 0 Å². The number of nitrogens with zero attached hydrogens (tertiary/aromatic N) is 3. The Morgan fingerprint density at radius 2 is 1.90 bits per heavy atom. The van der Waals surface area contributed by atoms with Crippen molar-refractivity contribution in [1.29, 1.82) is 0 Å². The van der Waals surface area contributed by atoms with Crippen LogP contribution in [-0.2, 0) is 0 Å². The van der Waals surface area contributed by atoms with Crippen LogP contribution in [-0.4, -0.2) is 47.6 Å². The minimum absolute atomic E-state index is 0.0240. The monoisotopic (exact) mass is 292 g/mol. The molecule has 0 amide bonds. The molecule has 0 bridgehead atoms. The summed E-state index contributed by atoms with van der Waals surface area (Å²) in [4.78, 5) is 24.0. The summed E-state index contributed by atoms with van der Waals surface area (Å²) in [5.41, 5.74) is -0.0240. The lowest BCUT2D eigenvalue weighted by atomic mass is 10.3. The Balaban J connectivity index is 1.98. The van der Waals surface area contributed by atoms with E-state index in [1.54, 1.807) is 6.07 Å². The van der Waals surface area contributed by atoms with Gasteiger partial charge in [0.2, 0.25) is 0 Å². The molecule has 1 saturated carbocycles. The number of H-pyrrole nitrogens is 1. The smallest absolute Gasteiger partial charge is 0.252 e. The highest BCUT2D eigenvalue weighted by molar-refractivity contribution is 5.37. The van der Waals surface area contributed by atoms with Gasteiger partial charge in [0, 0.05) is 25.1 Å². The molecule has 1 fully saturated rings. The number of rotatable bonds is 9. The van der Waals surface area contributed by atoms with Crippen LogP contribution in [0.2, 0.25) is 0 Å². The van der Waals surface area contributed by atoms with Gasteiger partial charge in [-0.25, -0.2) is 4.98 Å². The first kappa shape index (κ1) is 16.0. The molecule has 5 heteroatoms. The van der Waals surface area contributed by atoms with E-state index in [0.717, 1.165) is 63.6 Å². The third kappa shape index (κ3) is 4.56. The maximum Gasteiger partial charge on any atom is 0.252 e. The number of hydrogen-bond donors (Lipinski definition) is 1. The summed E-state index contributed by atoms with van der Waals surface area (Å²) in [7, 11) is 0. The van der Waals surface area contributed by atoms with Gasteiger partial charge in [0.1, 0.15) is 11.6 Å². The van der Waals surface area contributed by atoms with Gasteiger partial charge in [-0.05, 0) is 45.8 Å². The van der Waals surface area contributed by atoms with E-state index in [9.17, 15) is 4.79 Å². The molecule has 0 unspecified atom stereocenters. The number of aromatic amines is 1. The molecule has 0 saturated heterocycles. The van der Waals surface area contributed by atoms with E-state index in [-0.39, 0.29) is 5.56 Å². The lowest BCUT2D eigenvalue weighted by Gasteiger charge is -2.24. The molecule has 0 radical (unpaired) electrons. The zero-order valence-electron chi connectivity index (χ0n) is 13.6. The van der Waals surface area contributed by atoms with Crippen molar-refractivity contribution in [3.05, 3.63) is 22.2 Å². The molecule has 0 aromatic carbocycles. The molecule has 2 rings (SSSR count). The number of hydrogen-bond acceptors (Lipinski definition) is 4. The number of nitrogens with one attached hydrogen (secondary N) is 1. The molecule has 1 aromatic rings. The Morgan fingerprint density at radius 1 is 1.19 bits per heavy atom. The average molecular weight is 292 g/mol. The minimum atomic E-state index is -0.0240. The molecule has 1 heterocycles. The van der Waals surface area contributed by atoms with Crippen molar-refractivity contribution in [2.45, 2.75) is 46.0 Å². The van der Waals surface area contributed by atoms with Crippen LogP contribution in [0, 0.1) is 0 Å². The van der Waals surface area contributed by atoms with Gasteiger partial charge in [0.15, 0.2) is 0 Å². The van der Waals surface area contributed by atoms with E-state index in [0.29, 0.717) is 5.92 Å². The van der Waals surface area contributed by atoms with E-state index in [1.165, 1.54) is 0 Å².